The Morgan fingerprint density at radius 1 is 1.21 bits per heavy atom. The Morgan fingerprint density at radius 2 is 2.07 bits per heavy atom. The van der Waals surface area contributed by atoms with Gasteiger partial charge in [-0.2, -0.15) is 5.26 Å². The Labute approximate surface area is 167 Å². The van der Waals surface area contributed by atoms with Crippen molar-refractivity contribution >= 4 is 27.1 Å². The minimum Gasteiger partial charge on any atom is -0.286 e. The Bertz CT molecular complexity index is 1340. The summed E-state index contributed by atoms with van der Waals surface area (Å²) in [7, 11) is -4.03. The number of anilines is 1. The smallest absolute Gasteiger partial charge is 0.263 e. The lowest BCUT2D eigenvalue weighted by Gasteiger charge is -2.10. The molecule has 144 valence electrons. The van der Waals surface area contributed by atoms with Crippen LogP contribution in [0.15, 0.2) is 78.0 Å². The third-order valence-electron chi connectivity index (χ3n) is 4.44. The molecule has 0 saturated heterocycles. The van der Waals surface area contributed by atoms with Gasteiger partial charge in [0.05, 0.1) is 10.5 Å². The normalized spacial score (nSPS) is 13.7. The van der Waals surface area contributed by atoms with Gasteiger partial charge in [-0.3, -0.25) is 9.12 Å². The van der Waals surface area contributed by atoms with Crippen molar-refractivity contribution in [2.75, 3.05) is 4.72 Å². The van der Waals surface area contributed by atoms with Crippen LogP contribution in [0.3, 0.4) is 0 Å². The van der Waals surface area contributed by atoms with E-state index in [0.717, 1.165) is 35.8 Å². The minimum absolute atomic E-state index is 0.201. The highest BCUT2D eigenvalue weighted by Crippen LogP contribution is 2.25. The largest absolute Gasteiger partial charge is 0.286 e. The lowest BCUT2D eigenvalue weighted by Crippen LogP contribution is -2.15. The molecule has 0 spiro atoms. The second-order valence-corrected chi connectivity index (χ2v) is 8.01. The van der Waals surface area contributed by atoms with Gasteiger partial charge < -0.3 is 0 Å². The molecule has 0 saturated carbocycles. The molecule has 1 aliphatic rings. The molecular weight excluding hydrogens is 391 g/mol. The molecule has 0 aliphatic heterocycles. The van der Waals surface area contributed by atoms with E-state index in [1.54, 1.807) is 16.7 Å². The van der Waals surface area contributed by atoms with Gasteiger partial charge in [0.15, 0.2) is 0 Å². The molecule has 3 aromatic rings. The maximum atomic E-state index is 13.5. The Morgan fingerprint density at radius 3 is 2.90 bits per heavy atom. The van der Waals surface area contributed by atoms with Gasteiger partial charge in [0.1, 0.15) is 23.4 Å². The van der Waals surface area contributed by atoms with Gasteiger partial charge in [-0.05, 0) is 42.3 Å². The predicted molar refractivity (Wildman–Crippen MR) is 108 cm³/mol. The standard InChI is InChI=1S/C21H15FN4O2S/c22-19-8-7-18(11-16(19)13-23)29(27,28)25-20-9-10-24-21-12-17(14-26(20)21)15-5-3-1-2-4-6-15/h1-3,5-12,14,25H,4H2. The van der Waals surface area contributed by atoms with Crippen molar-refractivity contribution in [1.29, 1.82) is 5.26 Å². The fourth-order valence-corrected chi connectivity index (χ4v) is 4.08. The van der Waals surface area contributed by atoms with Crippen LogP contribution in [-0.2, 0) is 10.0 Å². The summed E-state index contributed by atoms with van der Waals surface area (Å²) in [4.78, 5) is 4.09. The van der Waals surface area contributed by atoms with E-state index in [4.69, 9.17) is 5.26 Å². The number of fused-ring (bicyclic) bond motifs is 1. The predicted octanol–water partition coefficient (Wildman–Crippen LogP) is 4.05. The summed E-state index contributed by atoms with van der Waals surface area (Å²) >= 11 is 0. The highest BCUT2D eigenvalue weighted by Gasteiger charge is 2.18. The lowest BCUT2D eigenvalue weighted by atomic mass is 10.1. The molecular formula is C21H15FN4O2S. The quantitative estimate of drug-likeness (QED) is 0.708. The van der Waals surface area contributed by atoms with Crippen LogP contribution in [0, 0.1) is 17.1 Å². The molecule has 1 aromatic carbocycles. The first-order valence-electron chi connectivity index (χ1n) is 8.71. The third kappa shape index (κ3) is 3.68. The number of halogens is 1. The first-order chi connectivity index (χ1) is 14.0. The van der Waals surface area contributed by atoms with Crippen molar-refractivity contribution in [3.8, 4) is 6.07 Å². The number of aromatic nitrogens is 2. The number of nitrogens with one attached hydrogen (secondary N) is 1. The van der Waals surface area contributed by atoms with E-state index >= 15 is 0 Å². The monoisotopic (exact) mass is 406 g/mol. The SMILES string of the molecule is N#Cc1cc(S(=O)(=O)Nc2ccnc3cc(C4=CCC=CC=C4)cn23)ccc1F. The summed E-state index contributed by atoms with van der Waals surface area (Å²) in [6.45, 7) is 0. The Hall–Kier alpha value is -3.70. The third-order valence-corrected chi connectivity index (χ3v) is 5.79. The van der Waals surface area contributed by atoms with Gasteiger partial charge in [-0.15, -0.1) is 0 Å². The van der Waals surface area contributed by atoms with E-state index in [0.29, 0.717) is 5.65 Å². The minimum atomic E-state index is -4.03. The zero-order valence-electron chi connectivity index (χ0n) is 15.1. The number of nitriles is 1. The number of rotatable bonds is 4. The van der Waals surface area contributed by atoms with Crippen LogP contribution in [0.25, 0.3) is 11.2 Å². The summed E-state index contributed by atoms with van der Waals surface area (Å²) < 4.78 is 43.2. The average Bonchev–Trinajstić information content (AvgIpc) is 2.96. The second kappa shape index (κ2) is 7.37. The number of benzene rings is 1. The van der Waals surface area contributed by atoms with Crippen LogP contribution in [-0.4, -0.2) is 17.8 Å². The highest BCUT2D eigenvalue weighted by atomic mass is 32.2. The fourth-order valence-electron chi connectivity index (χ4n) is 3.00. The highest BCUT2D eigenvalue weighted by molar-refractivity contribution is 7.92. The molecule has 2 heterocycles. The maximum absolute atomic E-state index is 13.5. The molecule has 29 heavy (non-hydrogen) atoms. The average molecular weight is 406 g/mol. The van der Waals surface area contributed by atoms with Crippen molar-refractivity contribution in [2.24, 2.45) is 0 Å². The zero-order chi connectivity index (χ0) is 20.4. The summed E-state index contributed by atoms with van der Waals surface area (Å²) in [5.74, 6) is -0.493. The van der Waals surface area contributed by atoms with Crippen molar-refractivity contribution in [3.63, 3.8) is 0 Å². The molecule has 1 aliphatic carbocycles. The summed E-state index contributed by atoms with van der Waals surface area (Å²) in [6.07, 6.45) is 14.1. The Kier molecular flexibility index (Phi) is 4.74. The van der Waals surface area contributed by atoms with E-state index < -0.39 is 15.8 Å². The van der Waals surface area contributed by atoms with Crippen LogP contribution in [0.2, 0.25) is 0 Å². The van der Waals surface area contributed by atoms with Crippen LogP contribution < -0.4 is 4.72 Å². The summed E-state index contributed by atoms with van der Waals surface area (Å²) in [5.41, 5.74) is 2.14. The van der Waals surface area contributed by atoms with Crippen LogP contribution in [0.5, 0.6) is 0 Å². The lowest BCUT2D eigenvalue weighted by molar-refractivity contribution is 0.599. The van der Waals surface area contributed by atoms with E-state index in [9.17, 15) is 12.8 Å². The number of allylic oxidation sites excluding steroid dienone is 6. The zero-order valence-corrected chi connectivity index (χ0v) is 15.9. The molecule has 0 fully saturated rings. The van der Waals surface area contributed by atoms with Crippen LogP contribution >= 0.6 is 0 Å². The molecule has 8 heteroatoms. The molecule has 0 radical (unpaired) electrons. The van der Waals surface area contributed by atoms with Crippen molar-refractivity contribution in [1.82, 2.24) is 9.38 Å². The fraction of sp³-hybridized carbons (Fsp3) is 0.0476. The first kappa shape index (κ1) is 18.7. The van der Waals surface area contributed by atoms with Gasteiger partial charge in [0.25, 0.3) is 10.0 Å². The van der Waals surface area contributed by atoms with Crippen molar-refractivity contribution < 1.29 is 12.8 Å². The number of hydrogen-bond acceptors (Lipinski definition) is 4. The van der Waals surface area contributed by atoms with Crippen molar-refractivity contribution in [3.05, 3.63) is 90.0 Å². The molecule has 4 rings (SSSR count). The number of nitrogens with zero attached hydrogens (tertiary/aromatic N) is 3. The molecule has 6 nitrogen and oxygen atoms in total. The van der Waals surface area contributed by atoms with Crippen molar-refractivity contribution in [2.45, 2.75) is 11.3 Å². The van der Waals surface area contributed by atoms with E-state index in [1.165, 1.54) is 12.3 Å². The molecule has 0 atom stereocenters. The second-order valence-electron chi connectivity index (χ2n) is 6.33. The summed E-state index contributed by atoms with van der Waals surface area (Å²) in [6, 6.07) is 8.12. The molecule has 2 aromatic heterocycles. The van der Waals surface area contributed by atoms with E-state index in [1.807, 2.05) is 30.4 Å². The van der Waals surface area contributed by atoms with Gasteiger partial charge in [-0.1, -0.05) is 30.4 Å². The molecule has 0 unspecified atom stereocenters. The number of sulfonamides is 1. The van der Waals surface area contributed by atoms with E-state index in [2.05, 4.69) is 15.8 Å². The molecule has 0 bridgehead atoms. The van der Waals surface area contributed by atoms with Gasteiger partial charge >= 0.3 is 0 Å². The summed E-state index contributed by atoms with van der Waals surface area (Å²) in [5, 5.41) is 8.95. The first-order valence-corrected chi connectivity index (χ1v) is 10.2. The van der Waals surface area contributed by atoms with Crippen LogP contribution in [0.4, 0.5) is 10.2 Å². The van der Waals surface area contributed by atoms with Gasteiger partial charge in [0, 0.05) is 18.0 Å². The topological polar surface area (TPSA) is 87.3 Å². The van der Waals surface area contributed by atoms with Gasteiger partial charge in [0.2, 0.25) is 0 Å². The van der Waals surface area contributed by atoms with Gasteiger partial charge in [-0.25, -0.2) is 17.8 Å². The van der Waals surface area contributed by atoms with E-state index in [-0.39, 0.29) is 16.3 Å². The Balaban J connectivity index is 1.73. The van der Waals surface area contributed by atoms with Crippen LogP contribution in [0.1, 0.15) is 17.5 Å². The number of hydrogen-bond donors (Lipinski definition) is 1. The molecule has 1 N–H and O–H groups in total. The molecule has 0 amide bonds. The maximum Gasteiger partial charge on any atom is 0.263 e.